The number of hydrogen-bond acceptors (Lipinski definition) is 7. The van der Waals surface area contributed by atoms with Gasteiger partial charge in [-0.1, -0.05) is 0 Å². The molecule has 2 aliphatic heterocycles. The maximum atomic E-state index is 11.4. The van der Waals surface area contributed by atoms with Gasteiger partial charge in [-0.3, -0.25) is 0 Å². The molecule has 0 saturated carbocycles. The molecule has 2 rings (SSSR count). The van der Waals surface area contributed by atoms with Gasteiger partial charge in [-0.15, -0.1) is 0 Å². The number of nitrogens with two attached hydrogens (primary N) is 2. The van der Waals surface area contributed by atoms with Crippen molar-refractivity contribution in [1.82, 2.24) is 0 Å². The van der Waals surface area contributed by atoms with Crippen LogP contribution in [0, 0.1) is 11.8 Å². The molecule has 15 heavy (non-hydrogen) atoms. The number of rotatable bonds is 2. The van der Waals surface area contributed by atoms with Crippen molar-refractivity contribution in [2.24, 2.45) is 23.6 Å². The summed E-state index contributed by atoms with van der Waals surface area (Å²) in [6.45, 7) is 0. The molecule has 0 aromatic rings. The third-order valence-electron chi connectivity index (χ3n) is 3.05. The van der Waals surface area contributed by atoms with Gasteiger partial charge >= 0.3 is 11.9 Å². The molecule has 2 aliphatic rings. The van der Waals surface area contributed by atoms with Gasteiger partial charge < -0.3 is 14.4 Å². The smallest absolute Gasteiger partial charge is 0.331 e. The minimum atomic E-state index is -0.690. The van der Waals surface area contributed by atoms with E-state index in [-0.39, 0.29) is 12.2 Å². The predicted molar refractivity (Wildman–Crippen MR) is 45.4 cm³/mol. The first-order chi connectivity index (χ1) is 7.19. The molecule has 0 radical (unpaired) electrons. The Hall–Kier alpha value is -1.18. The summed E-state index contributed by atoms with van der Waals surface area (Å²) in [5.74, 6) is 6.91. The van der Waals surface area contributed by atoms with Crippen molar-refractivity contribution in [3.05, 3.63) is 0 Å². The van der Waals surface area contributed by atoms with Gasteiger partial charge in [-0.05, 0) is 12.8 Å². The molecule has 0 amide bonds. The Morgan fingerprint density at radius 1 is 1.00 bits per heavy atom. The highest BCUT2D eigenvalue weighted by molar-refractivity contribution is 5.83. The van der Waals surface area contributed by atoms with Crippen LogP contribution in [0.15, 0.2) is 0 Å². The summed E-state index contributed by atoms with van der Waals surface area (Å²) in [6, 6.07) is 0. The van der Waals surface area contributed by atoms with E-state index in [2.05, 4.69) is 9.68 Å². The molecular weight excluding hydrogens is 204 g/mol. The lowest BCUT2D eigenvalue weighted by atomic mass is 9.79. The average Bonchev–Trinajstić information content (AvgIpc) is 2.86. The standard InChI is InChI=1S/C8H12N2O5/c9-14-7(11)5-3-1-2-4(13-3)6(5)8(12)15-10/h3-6H,1-2,9-10H2. The highest BCUT2D eigenvalue weighted by Gasteiger charge is 2.56. The lowest BCUT2D eigenvalue weighted by molar-refractivity contribution is -0.161. The summed E-state index contributed by atoms with van der Waals surface area (Å²) in [6.07, 6.45) is 0.822. The second-order valence-corrected chi connectivity index (χ2v) is 3.72. The van der Waals surface area contributed by atoms with Crippen molar-refractivity contribution >= 4 is 11.9 Å². The molecule has 2 fully saturated rings. The molecule has 2 heterocycles. The Bertz CT molecular complexity index is 267. The monoisotopic (exact) mass is 216 g/mol. The third kappa shape index (κ3) is 1.48. The highest BCUT2D eigenvalue weighted by Crippen LogP contribution is 2.44. The van der Waals surface area contributed by atoms with Crippen LogP contribution < -0.4 is 11.8 Å². The summed E-state index contributed by atoms with van der Waals surface area (Å²) >= 11 is 0. The Labute approximate surface area is 85.5 Å². The first-order valence-electron chi connectivity index (χ1n) is 4.65. The van der Waals surface area contributed by atoms with Crippen molar-refractivity contribution < 1.29 is 24.0 Å². The Morgan fingerprint density at radius 2 is 1.40 bits per heavy atom. The lowest BCUT2D eigenvalue weighted by Gasteiger charge is -2.22. The molecular formula is C8H12N2O5. The van der Waals surface area contributed by atoms with Crippen LogP contribution in [-0.4, -0.2) is 24.1 Å². The van der Waals surface area contributed by atoms with Gasteiger partial charge in [0.1, 0.15) is 11.8 Å². The Morgan fingerprint density at radius 3 is 1.73 bits per heavy atom. The maximum Gasteiger partial charge on any atom is 0.331 e. The number of fused-ring (bicyclic) bond motifs is 2. The van der Waals surface area contributed by atoms with Crippen LogP contribution in [-0.2, 0) is 24.0 Å². The molecule has 2 bridgehead atoms. The van der Waals surface area contributed by atoms with Gasteiger partial charge in [0.2, 0.25) is 0 Å². The summed E-state index contributed by atoms with van der Waals surface area (Å²) in [4.78, 5) is 31.0. The fourth-order valence-electron chi connectivity index (χ4n) is 2.43. The maximum absolute atomic E-state index is 11.4. The normalized spacial score (nSPS) is 37.7. The molecule has 4 unspecified atom stereocenters. The van der Waals surface area contributed by atoms with Crippen molar-refractivity contribution in [2.75, 3.05) is 0 Å². The molecule has 4 atom stereocenters. The average molecular weight is 216 g/mol. The molecule has 84 valence electrons. The quantitative estimate of drug-likeness (QED) is 0.546. The Kier molecular flexibility index (Phi) is 2.59. The molecule has 0 aromatic carbocycles. The van der Waals surface area contributed by atoms with Crippen LogP contribution in [0.25, 0.3) is 0 Å². The summed E-state index contributed by atoms with van der Waals surface area (Å²) in [5.41, 5.74) is 0. The van der Waals surface area contributed by atoms with Gasteiger partial charge in [-0.25, -0.2) is 9.59 Å². The van der Waals surface area contributed by atoms with E-state index in [0.717, 1.165) is 12.8 Å². The molecule has 0 aromatic heterocycles. The first kappa shape index (κ1) is 10.3. The molecule has 7 heteroatoms. The SMILES string of the molecule is NOC(=O)C1C2CCC(O2)C1C(=O)ON. The highest BCUT2D eigenvalue weighted by atomic mass is 16.7. The zero-order valence-corrected chi connectivity index (χ0v) is 7.92. The van der Waals surface area contributed by atoms with E-state index in [1.165, 1.54) is 0 Å². The summed E-state index contributed by atoms with van der Waals surface area (Å²) in [7, 11) is 0. The number of ether oxygens (including phenoxy) is 1. The van der Waals surface area contributed by atoms with E-state index >= 15 is 0 Å². The van der Waals surface area contributed by atoms with Crippen LogP contribution >= 0.6 is 0 Å². The molecule has 0 aliphatic carbocycles. The largest absolute Gasteiger partial charge is 0.373 e. The minimum Gasteiger partial charge on any atom is -0.373 e. The number of carbonyl (C=O) groups excluding carboxylic acids is 2. The van der Waals surface area contributed by atoms with Crippen LogP contribution in [0.3, 0.4) is 0 Å². The number of carbonyl (C=O) groups is 2. The van der Waals surface area contributed by atoms with Crippen molar-refractivity contribution in [3.63, 3.8) is 0 Å². The zero-order valence-electron chi connectivity index (χ0n) is 7.92. The predicted octanol–water partition coefficient (Wildman–Crippen LogP) is -1.39. The van der Waals surface area contributed by atoms with Crippen molar-refractivity contribution in [1.29, 1.82) is 0 Å². The summed E-state index contributed by atoms with van der Waals surface area (Å²) in [5, 5.41) is 0. The molecule has 7 nitrogen and oxygen atoms in total. The van der Waals surface area contributed by atoms with Crippen molar-refractivity contribution in [3.8, 4) is 0 Å². The third-order valence-corrected chi connectivity index (χ3v) is 3.05. The van der Waals surface area contributed by atoms with E-state index in [9.17, 15) is 9.59 Å². The van der Waals surface area contributed by atoms with Gasteiger partial charge in [0, 0.05) is 0 Å². The van der Waals surface area contributed by atoms with Gasteiger partial charge in [0.15, 0.2) is 0 Å². The van der Waals surface area contributed by atoms with E-state index in [0.29, 0.717) is 0 Å². The van der Waals surface area contributed by atoms with E-state index in [4.69, 9.17) is 16.5 Å². The van der Waals surface area contributed by atoms with Crippen LogP contribution in [0.5, 0.6) is 0 Å². The Balaban J connectivity index is 2.19. The van der Waals surface area contributed by atoms with Crippen LogP contribution in [0.4, 0.5) is 0 Å². The summed E-state index contributed by atoms with van der Waals surface area (Å²) < 4.78 is 5.43. The molecule has 4 N–H and O–H groups in total. The molecule has 2 saturated heterocycles. The van der Waals surface area contributed by atoms with E-state index in [1.54, 1.807) is 0 Å². The van der Waals surface area contributed by atoms with E-state index in [1.807, 2.05) is 0 Å². The fraction of sp³-hybridized carbons (Fsp3) is 0.750. The number of hydrogen-bond donors (Lipinski definition) is 2. The second kappa shape index (κ2) is 3.76. The van der Waals surface area contributed by atoms with Gasteiger partial charge in [-0.2, -0.15) is 11.8 Å². The zero-order chi connectivity index (χ0) is 11.0. The molecule has 0 spiro atoms. The van der Waals surface area contributed by atoms with Crippen molar-refractivity contribution in [2.45, 2.75) is 25.0 Å². The van der Waals surface area contributed by atoms with Gasteiger partial charge in [0.25, 0.3) is 0 Å². The lowest BCUT2D eigenvalue weighted by Crippen LogP contribution is -2.41. The van der Waals surface area contributed by atoms with Crippen LogP contribution in [0.2, 0.25) is 0 Å². The van der Waals surface area contributed by atoms with E-state index < -0.39 is 23.8 Å². The van der Waals surface area contributed by atoms with Gasteiger partial charge in [0.05, 0.1) is 12.2 Å². The van der Waals surface area contributed by atoms with Crippen LogP contribution in [0.1, 0.15) is 12.8 Å². The fourth-order valence-corrected chi connectivity index (χ4v) is 2.43. The minimum absolute atomic E-state index is 0.310. The first-order valence-corrected chi connectivity index (χ1v) is 4.65. The second-order valence-electron chi connectivity index (χ2n) is 3.72. The topological polar surface area (TPSA) is 114 Å².